The number of hydrogen-bond donors (Lipinski definition) is 2. The second-order valence-electron chi connectivity index (χ2n) is 7.72. The van der Waals surface area contributed by atoms with Crippen LogP contribution in [0.4, 0.5) is 0 Å². The van der Waals surface area contributed by atoms with Crippen molar-refractivity contribution >= 4 is 11.8 Å². The minimum absolute atomic E-state index is 0.0674. The summed E-state index contributed by atoms with van der Waals surface area (Å²) in [5.41, 5.74) is 4.26. The molecular formula is C25H27N3O4. The average molecular weight is 434 g/mol. The number of nitrogens with one attached hydrogen (secondary N) is 2. The van der Waals surface area contributed by atoms with Crippen molar-refractivity contribution in [2.24, 2.45) is 0 Å². The van der Waals surface area contributed by atoms with E-state index < -0.39 is 0 Å². The number of amides is 2. The van der Waals surface area contributed by atoms with Crippen LogP contribution in [0.5, 0.6) is 11.5 Å². The molecule has 2 aromatic carbocycles. The summed E-state index contributed by atoms with van der Waals surface area (Å²) in [4.78, 5) is 24.8. The summed E-state index contributed by atoms with van der Waals surface area (Å²) in [6.45, 7) is 5.68. The van der Waals surface area contributed by atoms with Crippen LogP contribution in [0.1, 0.15) is 27.3 Å². The summed E-state index contributed by atoms with van der Waals surface area (Å²) >= 11 is 0. The third-order valence-corrected chi connectivity index (χ3v) is 5.40. The van der Waals surface area contributed by atoms with Crippen molar-refractivity contribution in [3.05, 3.63) is 77.1 Å². The average Bonchev–Trinajstić information content (AvgIpc) is 3.11. The van der Waals surface area contributed by atoms with Gasteiger partial charge in [0, 0.05) is 36.2 Å². The van der Waals surface area contributed by atoms with Crippen molar-refractivity contribution in [2.75, 3.05) is 26.3 Å². The fraction of sp³-hybridized carbons (Fsp3) is 0.280. The van der Waals surface area contributed by atoms with Crippen LogP contribution in [0.2, 0.25) is 0 Å². The quantitative estimate of drug-likeness (QED) is 0.562. The number of ether oxygens (including phenoxy) is 2. The highest BCUT2D eigenvalue weighted by Gasteiger charge is 2.19. The minimum atomic E-state index is -0.167. The van der Waals surface area contributed by atoms with E-state index in [-0.39, 0.29) is 11.8 Å². The number of aryl methyl sites for hydroxylation is 1. The smallest absolute Gasteiger partial charge is 0.253 e. The lowest BCUT2D eigenvalue weighted by molar-refractivity contribution is -0.120. The highest BCUT2D eigenvalue weighted by Crippen LogP contribution is 2.33. The fourth-order valence-corrected chi connectivity index (χ4v) is 3.88. The Morgan fingerprint density at radius 3 is 2.41 bits per heavy atom. The predicted molar refractivity (Wildman–Crippen MR) is 122 cm³/mol. The van der Waals surface area contributed by atoms with Crippen LogP contribution in [0.15, 0.2) is 54.6 Å². The van der Waals surface area contributed by atoms with Gasteiger partial charge in [0.25, 0.3) is 5.91 Å². The fourth-order valence-electron chi connectivity index (χ4n) is 3.88. The van der Waals surface area contributed by atoms with Crippen LogP contribution in [0.25, 0.3) is 5.69 Å². The molecule has 0 aliphatic carbocycles. The molecule has 1 aromatic heterocycles. The van der Waals surface area contributed by atoms with Gasteiger partial charge in [0.2, 0.25) is 5.91 Å². The zero-order valence-electron chi connectivity index (χ0n) is 18.3. The molecule has 1 aliphatic rings. The van der Waals surface area contributed by atoms with Gasteiger partial charge in [-0.3, -0.25) is 9.59 Å². The summed E-state index contributed by atoms with van der Waals surface area (Å²) in [5.74, 6) is 1.20. The maximum Gasteiger partial charge on any atom is 0.253 e. The molecule has 0 atom stereocenters. The Balaban J connectivity index is 1.35. The number of nitrogens with zero attached hydrogens (tertiary/aromatic N) is 1. The summed E-state index contributed by atoms with van der Waals surface area (Å²) in [5, 5.41) is 5.73. The van der Waals surface area contributed by atoms with Crippen molar-refractivity contribution in [1.29, 1.82) is 0 Å². The van der Waals surface area contributed by atoms with E-state index in [4.69, 9.17) is 9.47 Å². The van der Waals surface area contributed by atoms with Gasteiger partial charge in [0.05, 0.1) is 12.0 Å². The molecule has 7 heteroatoms. The Hall–Kier alpha value is -3.74. The predicted octanol–water partition coefficient (Wildman–Crippen LogP) is 2.95. The lowest BCUT2D eigenvalue weighted by Crippen LogP contribution is -2.35. The molecule has 1 aliphatic heterocycles. The summed E-state index contributed by atoms with van der Waals surface area (Å²) in [6, 6.07) is 17.2. The Kier molecular flexibility index (Phi) is 6.44. The van der Waals surface area contributed by atoms with E-state index in [0.717, 1.165) is 28.4 Å². The molecule has 7 nitrogen and oxygen atoms in total. The topological polar surface area (TPSA) is 81.6 Å². The molecule has 0 unspecified atom stereocenters. The van der Waals surface area contributed by atoms with Crippen LogP contribution in [-0.4, -0.2) is 42.7 Å². The first-order chi connectivity index (χ1) is 15.5. The molecule has 0 saturated heterocycles. The van der Waals surface area contributed by atoms with Crippen molar-refractivity contribution in [2.45, 2.75) is 20.3 Å². The van der Waals surface area contributed by atoms with Crippen molar-refractivity contribution < 1.29 is 19.1 Å². The molecule has 4 rings (SSSR count). The normalized spacial score (nSPS) is 12.3. The van der Waals surface area contributed by atoms with E-state index in [1.54, 1.807) is 0 Å². The zero-order valence-corrected chi connectivity index (χ0v) is 18.3. The number of carbonyl (C=O) groups is 2. The number of benzene rings is 2. The van der Waals surface area contributed by atoms with E-state index in [0.29, 0.717) is 44.0 Å². The second-order valence-corrected chi connectivity index (χ2v) is 7.72. The summed E-state index contributed by atoms with van der Waals surface area (Å²) in [7, 11) is 0. The van der Waals surface area contributed by atoms with Gasteiger partial charge in [-0.15, -0.1) is 0 Å². The van der Waals surface area contributed by atoms with E-state index in [1.165, 1.54) is 0 Å². The monoisotopic (exact) mass is 433 g/mol. The SMILES string of the molecule is Cc1cc(C(=O)NCCNC(=O)Cc2ccccc2)c(C)n1-c1ccc2c(c1)OCCO2. The molecule has 0 fully saturated rings. The lowest BCUT2D eigenvalue weighted by atomic mass is 10.1. The van der Waals surface area contributed by atoms with Crippen LogP contribution >= 0.6 is 0 Å². The van der Waals surface area contributed by atoms with Gasteiger partial charge in [-0.05, 0) is 37.6 Å². The minimum Gasteiger partial charge on any atom is -0.486 e. The van der Waals surface area contributed by atoms with Gasteiger partial charge in [0.1, 0.15) is 13.2 Å². The first-order valence-corrected chi connectivity index (χ1v) is 10.7. The molecule has 2 N–H and O–H groups in total. The van der Waals surface area contributed by atoms with Gasteiger partial charge < -0.3 is 24.7 Å². The largest absolute Gasteiger partial charge is 0.486 e. The van der Waals surface area contributed by atoms with E-state index in [2.05, 4.69) is 10.6 Å². The number of rotatable bonds is 7. The van der Waals surface area contributed by atoms with E-state index >= 15 is 0 Å². The van der Waals surface area contributed by atoms with Crippen molar-refractivity contribution in [1.82, 2.24) is 15.2 Å². The van der Waals surface area contributed by atoms with Gasteiger partial charge >= 0.3 is 0 Å². The molecule has 2 amide bonds. The lowest BCUT2D eigenvalue weighted by Gasteiger charge is -2.20. The number of carbonyl (C=O) groups excluding carboxylic acids is 2. The Bertz CT molecular complexity index is 1120. The molecule has 32 heavy (non-hydrogen) atoms. The Morgan fingerprint density at radius 1 is 0.906 bits per heavy atom. The molecule has 166 valence electrons. The van der Waals surface area contributed by atoms with Crippen molar-refractivity contribution in [3.8, 4) is 17.2 Å². The molecule has 0 spiro atoms. The molecule has 0 radical (unpaired) electrons. The highest BCUT2D eigenvalue weighted by atomic mass is 16.6. The maximum atomic E-state index is 12.7. The first-order valence-electron chi connectivity index (χ1n) is 10.7. The van der Waals surface area contributed by atoms with Gasteiger partial charge in [0.15, 0.2) is 11.5 Å². The number of fused-ring (bicyclic) bond motifs is 1. The van der Waals surface area contributed by atoms with Crippen LogP contribution < -0.4 is 20.1 Å². The molecule has 2 heterocycles. The van der Waals surface area contributed by atoms with Gasteiger partial charge in [-0.2, -0.15) is 0 Å². The second kappa shape index (κ2) is 9.60. The van der Waals surface area contributed by atoms with Crippen molar-refractivity contribution in [3.63, 3.8) is 0 Å². The number of aromatic nitrogens is 1. The van der Waals surface area contributed by atoms with E-state index in [1.807, 2.05) is 73.0 Å². The molecule has 0 bridgehead atoms. The molecule has 0 saturated carbocycles. The Labute approximate surface area is 187 Å². The van der Waals surface area contributed by atoms with Crippen LogP contribution in [0.3, 0.4) is 0 Å². The third-order valence-electron chi connectivity index (χ3n) is 5.40. The summed E-state index contributed by atoms with van der Waals surface area (Å²) in [6.07, 6.45) is 0.325. The van der Waals surface area contributed by atoms with Gasteiger partial charge in [-0.25, -0.2) is 0 Å². The van der Waals surface area contributed by atoms with E-state index in [9.17, 15) is 9.59 Å². The highest BCUT2D eigenvalue weighted by molar-refractivity contribution is 5.96. The van der Waals surface area contributed by atoms with Crippen LogP contribution in [0, 0.1) is 13.8 Å². The van der Waals surface area contributed by atoms with Gasteiger partial charge in [-0.1, -0.05) is 30.3 Å². The first kappa shape index (κ1) is 21.5. The third kappa shape index (κ3) is 4.77. The standard InChI is InChI=1S/C25H27N3O4/c1-17-14-21(18(2)28(17)20-8-9-22-23(16-20)32-13-12-31-22)25(30)27-11-10-26-24(29)15-19-6-4-3-5-7-19/h3-9,14,16H,10-13,15H2,1-2H3,(H,26,29)(H,27,30). The zero-order chi connectivity index (χ0) is 22.5. The molecule has 3 aromatic rings. The number of hydrogen-bond acceptors (Lipinski definition) is 4. The maximum absolute atomic E-state index is 12.7. The Morgan fingerprint density at radius 2 is 1.62 bits per heavy atom. The van der Waals surface area contributed by atoms with Crippen LogP contribution in [-0.2, 0) is 11.2 Å². The summed E-state index contributed by atoms with van der Waals surface area (Å²) < 4.78 is 13.3. The molecular weight excluding hydrogens is 406 g/mol.